The van der Waals surface area contributed by atoms with E-state index in [0.717, 1.165) is 18.0 Å². The van der Waals surface area contributed by atoms with E-state index in [2.05, 4.69) is 23.3 Å². The fourth-order valence-electron chi connectivity index (χ4n) is 2.06. The van der Waals surface area contributed by atoms with Gasteiger partial charge in [0.15, 0.2) is 0 Å². The molecule has 0 saturated heterocycles. The van der Waals surface area contributed by atoms with Crippen molar-refractivity contribution in [2.75, 3.05) is 6.54 Å². The number of nitrogens with one attached hydrogen (secondary N) is 1. The highest BCUT2D eigenvalue weighted by Gasteiger charge is 2.23. The Morgan fingerprint density at radius 3 is 3.27 bits per heavy atom. The molecule has 15 heavy (non-hydrogen) atoms. The highest BCUT2D eigenvalue weighted by molar-refractivity contribution is 7.11. The van der Waals surface area contributed by atoms with Gasteiger partial charge in [0.25, 0.3) is 0 Å². The van der Waals surface area contributed by atoms with Crippen LogP contribution in [-0.2, 0) is 12.8 Å². The van der Waals surface area contributed by atoms with E-state index in [1.54, 1.807) is 11.3 Å². The summed E-state index contributed by atoms with van der Waals surface area (Å²) in [6.45, 7) is 3.10. The zero-order valence-electron chi connectivity index (χ0n) is 8.92. The molecular weight excluding hydrogens is 206 g/mol. The summed E-state index contributed by atoms with van der Waals surface area (Å²) in [5, 5.41) is 13.1. The molecule has 0 aliphatic heterocycles. The maximum absolute atomic E-state index is 8.65. The molecule has 0 aromatic carbocycles. The molecule has 80 valence electrons. The smallest absolute Gasteiger partial charge is 0.107 e. The van der Waals surface area contributed by atoms with E-state index in [9.17, 15) is 0 Å². The first-order chi connectivity index (χ1) is 7.35. The van der Waals surface area contributed by atoms with Crippen LogP contribution >= 0.6 is 11.3 Å². The zero-order chi connectivity index (χ0) is 10.7. The topological polar surface area (TPSA) is 48.7 Å². The van der Waals surface area contributed by atoms with E-state index in [4.69, 9.17) is 5.26 Å². The van der Waals surface area contributed by atoms with E-state index >= 15 is 0 Å². The number of rotatable bonds is 3. The number of nitriles is 1. The zero-order valence-corrected chi connectivity index (χ0v) is 9.73. The standard InChI is InChI=1S/C11H15N3S/c1-2-13-8-4-3-5-9-11(8)14-10(15-9)6-7-12/h8,13H,2-6H2,1H3. The summed E-state index contributed by atoms with van der Waals surface area (Å²) < 4.78 is 0. The molecule has 4 heteroatoms. The minimum absolute atomic E-state index is 0.419. The maximum atomic E-state index is 8.65. The number of nitrogens with zero attached hydrogens (tertiary/aromatic N) is 2. The summed E-state index contributed by atoms with van der Waals surface area (Å²) in [4.78, 5) is 5.96. The predicted octanol–water partition coefficient (Wildman–Crippen LogP) is 2.20. The van der Waals surface area contributed by atoms with Crippen molar-refractivity contribution in [1.82, 2.24) is 10.3 Å². The second kappa shape index (κ2) is 4.73. The molecule has 1 aliphatic carbocycles. The molecule has 0 fully saturated rings. The van der Waals surface area contributed by atoms with Crippen LogP contribution in [0.25, 0.3) is 0 Å². The molecule has 1 unspecified atom stereocenters. The van der Waals surface area contributed by atoms with Crippen LogP contribution in [0.3, 0.4) is 0 Å². The van der Waals surface area contributed by atoms with Gasteiger partial charge >= 0.3 is 0 Å². The number of thiazole rings is 1. The lowest BCUT2D eigenvalue weighted by Gasteiger charge is -2.21. The third-order valence-corrected chi connectivity index (χ3v) is 3.81. The largest absolute Gasteiger partial charge is 0.309 e. The summed E-state index contributed by atoms with van der Waals surface area (Å²) in [5.41, 5.74) is 1.21. The molecule has 1 aliphatic rings. The van der Waals surface area contributed by atoms with E-state index < -0.39 is 0 Å². The molecule has 1 aromatic heterocycles. The van der Waals surface area contributed by atoms with Crippen molar-refractivity contribution < 1.29 is 0 Å². The van der Waals surface area contributed by atoms with Crippen LogP contribution in [0, 0.1) is 11.3 Å². The molecule has 0 amide bonds. The molecule has 1 atom stereocenters. The lowest BCUT2D eigenvalue weighted by atomic mass is 9.98. The summed E-state index contributed by atoms with van der Waals surface area (Å²) in [7, 11) is 0. The van der Waals surface area contributed by atoms with Crippen molar-refractivity contribution in [3.05, 3.63) is 15.6 Å². The molecular formula is C11H15N3S. The Morgan fingerprint density at radius 2 is 2.53 bits per heavy atom. The quantitative estimate of drug-likeness (QED) is 0.851. The third-order valence-electron chi connectivity index (χ3n) is 2.68. The van der Waals surface area contributed by atoms with E-state index in [0.29, 0.717) is 12.5 Å². The van der Waals surface area contributed by atoms with Crippen molar-refractivity contribution in [3.8, 4) is 6.07 Å². The van der Waals surface area contributed by atoms with Gasteiger partial charge in [0.05, 0.1) is 24.2 Å². The van der Waals surface area contributed by atoms with E-state index in [1.165, 1.54) is 23.4 Å². The van der Waals surface area contributed by atoms with Gasteiger partial charge in [-0.15, -0.1) is 11.3 Å². The Hall–Kier alpha value is -0.920. The summed E-state index contributed by atoms with van der Waals surface area (Å²) in [6.07, 6.45) is 4.01. The number of fused-ring (bicyclic) bond motifs is 1. The van der Waals surface area contributed by atoms with Crippen LogP contribution in [0.15, 0.2) is 0 Å². The molecule has 0 radical (unpaired) electrons. The Labute approximate surface area is 94.1 Å². The molecule has 0 saturated carbocycles. The predicted molar refractivity (Wildman–Crippen MR) is 60.8 cm³/mol. The SMILES string of the molecule is CCNC1CCCc2sc(CC#N)nc21. The van der Waals surface area contributed by atoms with Gasteiger partial charge in [-0.25, -0.2) is 4.98 Å². The first-order valence-electron chi connectivity index (χ1n) is 5.44. The summed E-state index contributed by atoms with van der Waals surface area (Å²) in [5.74, 6) is 0. The van der Waals surface area contributed by atoms with Crippen molar-refractivity contribution in [2.24, 2.45) is 0 Å². The fraction of sp³-hybridized carbons (Fsp3) is 0.636. The van der Waals surface area contributed by atoms with Crippen molar-refractivity contribution in [2.45, 2.75) is 38.6 Å². The Balaban J connectivity index is 2.23. The van der Waals surface area contributed by atoms with Gasteiger partial charge < -0.3 is 5.32 Å². The van der Waals surface area contributed by atoms with Crippen LogP contribution < -0.4 is 5.32 Å². The van der Waals surface area contributed by atoms with Crippen molar-refractivity contribution in [3.63, 3.8) is 0 Å². The molecule has 0 bridgehead atoms. The van der Waals surface area contributed by atoms with Crippen molar-refractivity contribution in [1.29, 1.82) is 5.26 Å². The average Bonchev–Trinajstić information content (AvgIpc) is 2.62. The van der Waals surface area contributed by atoms with Gasteiger partial charge in [-0.3, -0.25) is 0 Å². The van der Waals surface area contributed by atoms with Gasteiger partial charge in [-0.1, -0.05) is 6.92 Å². The molecule has 1 N–H and O–H groups in total. The monoisotopic (exact) mass is 221 g/mol. The van der Waals surface area contributed by atoms with Crippen LogP contribution in [0.1, 0.15) is 41.4 Å². The van der Waals surface area contributed by atoms with Crippen LogP contribution in [0.4, 0.5) is 0 Å². The Kier molecular flexibility index (Phi) is 3.34. The van der Waals surface area contributed by atoms with Gasteiger partial charge in [0.1, 0.15) is 5.01 Å². The normalized spacial score (nSPS) is 19.6. The number of hydrogen-bond donors (Lipinski definition) is 1. The minimum atomic E-state index is 0.419. The first-order valence-corrected chi connectivity index (χ1v) is 6.25. The third kappa shape index (κ3) is 2.19. The maximum Gasteiger partial charge on any atom is 0.107 e. The van der Waals surface area contributed by atoms with E-state index in [1.807, 2.05) is 0 Å². The van der Waals surface area contributed by atoms with Gasteiger partial charge in [0, 0.05) is 4.88 Å². The van der Waals surface area contributed by atoms with Gasteiger partial charge in [0.2, 0.25) is 0 Å². The molecule has 1 heterocycles. The van der Waals surface area contributed by atoms with Crippen LogP contribution in [0.5, 0.6) is 0 Å². The fourth-order valence-corrected chi connectivity index (χ4v) is 3.16. The molecule has 1 aromatic rings. The Bertz CT molecular complexity index is 378. The lowest BCUT2D eigenvalue weighted by Crippen LogP contribution is -2.24. The molecule has 3 nitrogen and oxygen atoms in total. The first kappa shape index (κ1) is 10.6. The average molecular weight is 221 g/mol. The van der Waals surface area contributed by atoms with Gasteiger partial charge in [-0.05, 0) is 25.8 Å². The second-order valence-corrected chi connectivity index (χ2v) is 4.92. The van der Waals surface area contributed by atoms with Gasteiger partial charge in [-0.2, -0.15) is 5.26 Å². The summed E-state index contributed by atoms with van der Waals surface area (Å²) >= 11 is 1.72. The number of aromatic nitrogens is 1. The molecule has 0 spiro atoms. The van der Waals surface area contributed by atoms with E-state index in [-0.39, 0.29) is 0 Å². The Morgan fingerprint density at radius 1 is 1.67 bits per heavy atom. The summed E-state index contributed by atoms with van der Waals surface area (Å²) in [6, 6.07) is 2.59. The number of aryl methyl sites for hydroxylation is 1. The highest BCUT2D eigenvalue weighted by atomic mass is 32.1. The van der Waals surface area contributed by atoms with Crippen LogP contribution in [-0.4, -0.2) is 11.5 Å². The highest BCUT2D eigenvalue weighted by Crippen LogP contribution is 2.33. The van der Waals surface area contributed by atoms with Crippen molar-refractivity contribution >= 4 is 11.3 Å². The second-order valence-electron chi connectivity index (χ2n) is 3.75. The van der Waals surface area contributed by atoms with Crippen LogP contribution in [0.2, 0.25) is 0 Å². The minimum Gasteiger partial charge on any atom is -0.309 e. The number of hydrogen-bond acceptors (Lipinski definition) is 4. The lowest BCUT2D eigenvalue weighted by molar-refractivity contribution is 0.465. The molecule has 2 rings (SSSR count).